The van der Waals surface area contributed by atoms with Crippen LogP contribution in [0.25, 0.3) is 0 Å². The largest absolute Gasteiger partial charge is 0.481 e. The molecular formula is C13H24N4O2. The molecule has 0 bridgehead atoms. The fourth-order valence-electron chi connectivity index (χ4n) is 2.44. The van der Waals surface area contributed by atoms with Crippen LogP contribution in [0.3, 0.4) is 0 Å². The molecule has 0 amide bonds. The molecule has 0 aliphatic rings. The van der Waals surface area contributed by atoms with Crippen molar-refractivity contribution in [3.8, 4) is 0 Å². The Hall–Kier alpha value is -1.46. The molecule has 19 heavy (non-hydrogen) atoms. The Bertz CT molecular complexity index is 403. The van der Waals surface area contributed by atoms with Gasteiger partial charge < -0.3 is 5.11 Å². The van der Waals surface area contributed by atoms with Gasteiger partial charge in [-0.05, 0) is 35.6 Å². The lowest BCUT2D eigenvalue weighted by Crippen LogP contribution is -2.26. The molecular weight excluding hydrogens is 244 g/mol. The highest BCUT2D eigenvalue weighted by Gasteiger charge is 2.32. The van der Waals surface area contributed by atoms with Crippen LogP contribution in [0.4, 0.5) is 0 Å². The van der Waals surface area contributed by atoms with E-state index in [1.54, 1.807) is 4.68 Å². The fraction of sp³-hybridized carbons (Fsp3) is 0.846. The van der Waals surface area contributed by atoms with Gasteiger partial charge in [-0.15, -0.1) is 5.10 Å². The maximum Gasteiger partial charge on any atom is 0.307 e. The maximum atomic E-state index is 11.5. The number of nitrogens with zero attached hydrogens (tertiary/aromatic N) is 4. The highest BCUT2D eigenvalue weighted by Crippen LogP contribution is 2.31. The van der Waals surface area contributed by atoms with E-state index < -0.39 is 11.9 Å². The monoisotopic (exact) mass is 268 g/mol. The number of rotatable bonds is 8. The molecule has 0 radical (unpaired) electrons. The quantitative estimate of drug-likeness (QED) is 0.782. The first kappa shape index (κ1) is 15.6. The second-order valence-corrected chi connectivity index (χ2v) is 5.35. The minimum atomic E-state index is -0.758. The van der Waals surface area contributed by atoms with E-state index in [1.807, 2.05) is 20.8 Å². The number of tetrazole rings is 1. The maximum absolute atomic E-state index is 11.5. The third-order valence-electron chi connectivity index (χ3n) is 3.29. The van der Waals surface area contributed by atoms with Gasteiger partial charge in [0.25, 0.3) is 0 Å². The van der Waals surface area contributed by atoms with Gasteiger partial charge in [-0.25, -0.2) is 4.68 Å². The lowest BCUT2D eigenvalue weighted by molar-refractivity contribution is -0.143. The summed E-state index contributed by atoms with van der Waals surface area (Å²) in [6.07, 6.45) is 2.30. The van der Waals surface area contributed by atoms with E-state index in [0.717, 1.165) is 19.4 Å². The van der Waals surface area contributed by atoms with Gasteiger partial charge in [-0.2, -0.15) is 0 Å². The summed E-state index contributed by atoms with van der Waals surface area (Å²) in [5, 5.41) is 21.2. The van der Waals surface area contributed by atoms with Crippen LogP contribution in [0, 0.1) is 11.8 Å². The first-order chi connectivity index (χ1) is 9.01. The molecule has 0 aliphatic carbocycles. The van der Waals surface area contributed by atoms with E-state index in [4.69, 9.17) is 0 Å². The zero-order valence-corrected chi connectivity index (χ0v) is 12.2. The molecule has 1 rings (SSSR count). The number of carbonyl (C=O) groups is 1. The highest BCUT2D eigenvalue weighted by atomic mass is 16.4. The first-order valence-electron chi connectivity index (χ1n) is 7.00. The van der Waals surface area contributed by atoms with Gasteiger partial charge in [0.05, 0.1) is 5.92 Å². The van der Waals surface area contributed by atoms with Crippen molar-refractivity contribution in [3.05, 3.63) is 5.82 Å². The van der Waals surface area contributed by atoms with Crippen molar-refractivity contribution < 1.29 is 9.90 Å². The van der Waals surface area contributed by atoms with Crippen molar-refractivity contribution in [1.82, 2.24) is 20.2 Å². The van der Waals surface area contributed by atoms with Crippen molar-refractivity contribution in [2.24, 2.45) is 11.8 Å². The van der Waals surface area contributed by atoms with Gasteiger partial charge in [0.15, 0.2) is 5.82 Å². The predicted octanol–water partition coefficient (Wildman–Crippen LogP) is 2.32. The van der Waals surface area contributed by atoms with Crippen molar-refractivity contribution >= 4 is 5.97 Å². The van der Waals surface area contributed by atoms with Crippen LogP contribution >= 0.6 is 0 Å². The highest BCUT2D eigenvalue weighted by molar-refractivity contribution is 5.71. The third-order valence-corrected chi connectivity index (χ3v) is 3.29. The van der Waals surface area contributed by atoms with Gasteiger partial charge >= 0.3 is 5.97 Å². The van der Waals surface area contributed by atoms with Crippen LogP contribution in [-0.2, 0) is 11.3 Å². The molecule has 6 nitrogen and oxygen atoms in total. The van der Waals surface area contributed by atoms with Gasteiger partial charge in [-0.3, -0.25) is 4.79 Å². The molecule has 1 N–H and O–H groups in total. The van der Waals surface area contributed by atoms with Gasteiger partial charge in [0, 0.05) is 12.5 Å². The van der Waals surface area contributed by atoms with Crippen LogP contribution in [-0.4, -0.2) is 31.3 Å². The molecule has 6 heteroatoms. The predicted molar refractivity (Wildman–Crippen MR) is 71.7 cm³/mol. The SMILES string of the molecule is CCCn1nnnc1[C@H](CC)[C@@H](CC(C)C)C(=O)O. The van der Waals surface area contributed by atoms with Gasteiger partial charge in [-0.1, -0.05) is 27.7 Å². The summed E-state index contributed by atoms with van der Waals surface area (Å²) >= 11 is 0. The summed E-state index contributed by atoms with van der Waals surface area (Å²) in [7, 11) is 0. The van der Waals surface area contributed by atoms with E-state index in [1.165, 1.54) is 0 Å². The summed E-state index contributed by atoms with van der Waals surface area (Å²) in [4.78, 5) is 11.5. The van der Waals surface area contributed by atoms with Crippen molar-refractivity contribution in [3.63, 3.8) is 0 Å². The number of hydrogen-bond donors (Lipinski definition) is 1. The van der Waals surface area contributed by atoms with E-state index in [2.05, 4.69) is 22.4 Å². The van der Waals surface area contributed by atoms with Crippen molar-refractivity contribution in [1.29, 1.82) is 0 Å². The second-order valence-electron chi connectivity index (χ2n) is 5.35. The summed E-state index contributed by atoms with van der Waals surface area (Å²) in [6.45, 7) is 8.85. The Labute approximate surface area is 114 Å². The molecule has 0 saturated heterocycles. The molecule has 1 aromatic rings. The second kappa shape index (κ2) is 7.21. The zero-order chi connectivity index (χ0) is 14.4. The Morgan fingerprint density at radius 2 is 2.05 bits per heavy atom. The standard InChI is InChI=1S/C13H24N4O2/c1-5-7-17-12(14-15-16-17)10(6-2)11(13(18)19)8-9(3)4/h9-11H,5-8H2,1-4H3,(H,18,19)/t10-,11-/m1/s1. The number of carboxylic acid groups (broad SMARTS) is 1. The Kier molecular flexibility index (Phi) is 5.92. The first-order valence-corrected chi connectivity index (χ1v) is 7.00. The fourth-order valence-corrected chi connectivity index (χ4v) is 2.44. The molecule has 0 unspecified atom stereocenters. The molecule has 2 atom stereocenters. The summed E-state index contributed by atoms with van der Waals surface area (Å²) in [5.74, 6) is -0.261. The number of hydrogen-bond acceptors (Lipinski definition) is 4. The smallest absolute Gasteiger partial charge is 0.307 e. The van der Waals surface area contributed by atoms with Crippen LogP contribution in [0.5, 0.6) is 0 Å². The molecule has 0 aliphatic heterocycles. The van der Waals surface area contributed by atoms with Gasteiger partial charge in [0.1, 0.15) is 0 Å². The van der Waals surface area contributed by atoms with Crippen molar-refractivity contribution in [2.45, 2.75) is 59.4 Å². The van der Waals surface area contributed by atoms with E-state index in [-0.39, 0.29) is 5.92 Å². The van der Waals surface area contributed by atoms with E-state index >= 15 is 0 Å². The number of aryl methyl sites for hydroxylation is 1. The van der Waals surface area contributed by atoms with Crippen LogP contribution in [0.15, 0.2) is 0 Å². The lowest BCUT2D eigenvalue weighted by Gasteiger charge is -2.23. The van der Waals surface area contributed by atoms with Crippen LogP contribution < -0.4 is 0 Å². The molecule has 0 spiro atoms. The average molecular weight is 268 g/mol. The van der Waals surface area contributed by atoms with E-state index in [0.29, 0.717) is 18.2 Å². The Morgan fingerprint density at radius 3 is 2.53 bits per heavy atom. The molecule has 0 aromatic carbocycles. The zero-order valence-electron chi connectivity index (χ0n) is 12.2. The molecule has 0 saturated carbocycles. The number of aliphatic carboxylic acids is 1. The number of carboxylic acids is 1. The molecule has 1 aromatic heterocycles. The third kappa shape index (κ3) is 4.01. The van der Waals surface area contributed by atoms with Crippen LogP contribution in [0.2, 0.25) is 0 Å². The molecule has 0 fully saturated rings. The Morgan fingerprint density at radius 1 is 1.37 bits per heavy atom. The number of aromatic nitrogens is 4. The van der Waals surface area contributed by atoms with Gasteiger partial charge in [0.2, 0.25) is 0 Å². The summed E-state index contributed by atoms with van der Waals surface area (Å²) in [6, 6.07) is 0. The van der Waals surface area contributed by atoms with E-state index in [9.17, 15) is 9.90 Å². The van der Waals surface area contributed by atoms with Crippen LogP contribution in [0.1, 0.15) is 58.7 Å². The molecule has 108 valence electrons. The summed E-state index contributed by atoms with van der Waals surface area (Å²) < 4.78 is 1.74. The average Bonchev–Trinajstić information content (AvgIpc) is 2.77. The molecule has 1 heterocycles. The lowest BCUT2D eigenvalue weighted by atomic mass is 9.83. The topological polar surface area (TPSA) is 80.9 Å². The minimum absolute atomic E-state index is 0.124. The Balaban J connectivity index is 3.01. The normalized spacial score (nSPS) is 14.6. The van der Waals surface area contributed by atoms with Crippen molar-refractivity contribution in [2.75, 3.05) is 0 Å². The summed E-state index contributed by atoms with van der Waals surface area (Å²) in [5.41, 5.74) is 0. The minimum Gasteiger partial charge on any atom is -0.481 e.